The Hall–Kier alpha value is -4.63. The summed E-state index contributed by atoms with van der Waals surface area (Å²) < 4.78 is 26.8. The molecule has 1 atom stereocenters. The number of hydrogen-bond acceptors (Lipinski definition) is 6. The van der Waals surface area contributed by atoms with E-state index >= 15 is 0 Å². The molecular formula is C27H25F2N5O4. The molecule has 0 saturated heterocycles. The molecule has 0 spiro atoms. The lowest BCUT2D eigenvalue weighted by atomic mass is 10.1. The van der Waals surface area contributed by atoms with Gasteiger partial charge >= 0.3 is 0 Å². The molecule has 0 bridgehead atoms. The Morgan fingerprint density at radius 1 is 0.921 bits per heavy atom. The van der Waals surface area contributed by atoms with Gasteiger partial charge in [0, 0.05) is 41.0 Å². The van der Waals surface area contributed by atoms with E-state index in [4.69, 9.17) is 10.9 Å². The molecule has 7 N–H and O–H groups in total. The topological polar surface area (TPSA) is 146 Å². The van der Waals surface area contributed by atoms with Crippen molar-refractivity contribution in [1.82, 2.24) is 16.1 Å². The van der Waals surface area contributed by atoms with Crippen molar-refractivity contribution in [3.8, 4) is 11.8 Å². The third-order valence-electron chi connectivity index (χ3n) is 5.24. The first-order chi connectivity index (χ1) is 18.3. The Morgan fingerprint density at radius 3 is 2.16 bits per heavy atom. The Labute approximate surface area is 217 Å². The van der Waals surface area contributed by atoms with E-state index < -0.39 is 29.5 Å². The van der Waals surface area contributed by atoms with Crippen molar-refractivity contribution in [2.24, 2.45) is 5.73 Å². The van der Waals surface area contributed by atoms with Crippen LogP contribution in [0.2, 0.25) is 0 Å². The van der Waals surface area contributed by atoms with Gasteiger partial charge in [-0.15, -0.1) is 0 Å². The number of benzene rings is 3. The molecule has 0 unspecified atom stereocenters. The van der Waals surface area contributed by atoms with Gasteiger partial charge < -0.3 is 21.7 Å². The predicted molar refractivity (Wildman–Crippen MR) is 136 cm³/mol. The second kappa shape index (κ2) is 13.6. The molecule has 38 heavy (non-hydrogen) atoms. The zero-order valence-corrected chi connectivity index (χ0v) is 20.1. The largest absolute Gasteiger partial charge is 0.339 e. The summed E-state index contributed by atoms with van der Waals surface area (Å²) >= 11 is 0. The van der Waals surface area contributed by atoms with Crippen LogP contribution >= 0.6 is 0 Å². The van der Waals surface area contributed by atoms with Crippen molar-refractivity contribution in [2.45, 2.75) is 12.6 Å². The van der Waals surface area contributed by atoms with Crippen LogP contribution in [0, 0.1) is 23.5 Å². The van der Waals surface area contributed by atoms with Crippen molar-refractivity contribution >= 4 is 23.4 Å². The van der Waals surface area contributed by atoms with Gasteiger partial charge in [-0.05, 0) is 66.7 Å². The fourth-order valence-electron chi connectivity index (χ4n) is 3.23. The van der Waals surface area contributed by atoms with Crippen molar-refractivity contribution in [3.05, 3.63) is 101 Å². The minimum Gasteiger partial charge on any atom is -0.339 e. The minimum absolute atomic E-state index is 0.00623. The number of nitrogens with two attached hydrogens (primary N) is 1. The van der Waals surface area contributed by atoms with Crippen LogP contribution in [0.15, 0.2) is 66.7 Å². The third-order valence-corrected chi connectivity index (χ3v) is 5.24. The highest BCUT2D eigenvalue weighted by Crippen LogP contribution is 2.11. The Balaban J connectivity index is 1.50. The van der Waals surface area contributed by atoms with E-state index in [0.29, 0.717) is 16.8 Å². The van der Waals surface area contributed by atoms with Gasteiger partial charge in [-0.2, -0.15) is 0 Å². The number of nitrogens with one attached hydrogen (secondary N) is 4. The first kappa shape index (κ1) is 27.9. The summed E-state index contributed by atoms with van der Waals surface area (Å²) in [6.45, 7) is -0.266. The van der Waals surface area contributed by atoms with Crippen molar-refractivity contribution in [3.63, 3.8) is 0 Å². The number of rotatable bonds is 9. The molecule has 196 valence electrons. The summed E-state index contributed by atoms with van der Waals surface area (Å²) in [5.41, 5.74) is 9.16. The van der Waals surface area contributed by atoms with Gasteiger partial charge in [0.05, 0.1) is 6.54 Å². The molecule has 3 aromatic rings. The molecule has 0 radical (unpaired) electrons. The maximum Gasteiger partial charge on any atom is 0.267 e. The van der Waals surface area contributed by atoms with Gasteiger partial charge in [-0.3, -0.25) is 19.6 Å². The monoisotopic (exact) mass is 521 g/mol. The predicted octanol–water partition coefficient (Wildman–Crippen LogP) is 1.66. The highest BCUT2D eigenvalue weighted by molar-refractivity contribution is 5.97. The van der Waals surface area contributed by atoms with Crippen LogP contribution < -0.4 is 27.2 Å². The van der Waals surface area contributed by atoms with Gasteiger partial charge in [-0.25, -0.2) is 14.3 Å². The molecule has 0 saturated carbocycles. The molecule has 0 aliphatic heterocycles. The van der Waals surface area contributed by atoms with Crippen LogP contribution in [0.5, 0.6) is 0 Å². The number of hydroxylamine groups is 1. The maximum absolute atomic E-state index is 13.6. The fraction of sp³-hybridized carbons (Fsp3) is 0.148. The normalized spacial score (nSPS) is 11.1. The zero-order valence-electron chi connectivity index (χ0n) is 20.1. The molecule has 0 aliphatic rings. The lowest BCUT2D eigenvalue weighted by Crippen LogP contribution is -2.50. The summed E-state index contributed by atoms with van der Waals surface area (Å²) in [6.07, 6.45) is 0. The third kappa shape index (κ3) is 8.21. The Bertz CT molecular complexity index is 1350. The second-order valence-corrected chi connectivity index (χ2v) is 8.03. The summed E-state index contributed by atoms with van der Waals surface area (Å²) in [5.74, 6) is 3.14. The summed E-state index contributed by atoms with van der Waals surface area (Å²) in [5, 5.41) is 16.6. The maximum atomic E-state index is 13.6. The standard InChI is InChI=1S/C27H25F2N5O4/c28-21-9-12-23(29)20(13-21)15-31-16-25(35)32-22-10-5-18(6-11-22)2-1-17-3-7-19(8-4-17)26(36)33-24(14-30)27(37)34-38/h3-13,24,31,38H,14-16,30H2,(H,32,35)(H,33,36)(H,34,37)/t24-/m0/s1. The van der Waals surface area contributed by atoms with Crippen LogP contribution in [-0.4, -0.2) is 42.1 Å². The highest BCUT2D eigenvalue weighted by atomic mass is 19.1. The number of carbonyl (C=O) groups is 3. The molecule has 3 aromatic carbocycles. The lowest BCUT2D eigenvalue weighted by molar-refractivity contribution is -0.130. The van der Waals surface area contributed by atoms with E-state index in [0.717, 1.165) is 18.2 Å². The number of anilines is 1. The first-order valence-electron chi connectivity index (χ1n) is 11.4. The smallest absolute Gasteiger partial charge is 0.267 e. The molecule has 0 aromatic heterocycles. The molecule has 11 heteroatoms. The molecular weight excluding hydrogens is 496 g/mol. The number of halogens is 2. The number of hydrogen-bond donors (Lipinski definition) is 6. The molecule has 0 heterocycles. The average molecular weight is 522 g/mol. The molecule has 0 fully saturated rings. The van der Waals surface area contributed by atoms with Gasteiger partial charge in [0.1, 0.15) is 17.7 Å². The summed E-state index contributed by atoms with van der Waals surface area (Å²) in [6, 6.07) is 15.2. The van der Waals surface area contributed by atoms with E-state index in [9.17, 15) is 23.2 Å². The quantitative estimate of drug-likeness (QED) is 0.144. The van der Waals surface area contributed by atoms with Crippen LogP contribution in [0.4, 0.5) is 14.5 Å². The van der Waals surface area contributed by atoms with Gasteiger partial charge in [0.2, 0.25) is 5.91 Å². The SMILES string of the molecule is NC[C@H](NC(=O)c1ccc(C#Cc2ccc(NC(=O)CNCc3cc(F)ccc3F)cc2)cc1)C(=O)NO. The van der Waals surface area contributed by atoms with Crippen LogP contribution in [0.25, 0.3) is 0 Å². The Kier molecular flexibility index (Phi) is 10.0. The number of carbonyl (C=O) groups excluding carboxylic acids is 3. The van der Waals surface area contributed by atoms with Crippen molar-refractivity contribution in [2.75, 3.05) is 18.4 Å². The molecule has 9 nitrogen and oxygen atoms in total. The molecule has 0 aliphatic carbocycles. The highest BCUT2D eigenvalue weighted by Gasteiger charge is 2.19. The van der Waals surface area contributed by atoms with E-state index in [1.807, 2.05) is 0 Å². The van der Waals surface area contributed by atoms with Gasteiger partial charge in [-0.1, -0.05) is 11.8 Å². The van der Waals surface area contributed by atoms with Crippen LogP contribution in [-0.2, 0) is 16.1 Å². The van der Waals surface area contributed by atoms with Gasteiger partial charge in [0.25, 0.3) is 11.8 Å². The summed E-state index contributed by atoms with van der Waals surface area (Å²) in [4.78, 5) is 35.8. The number of amides is 3. The van der Waals surface area contributed by atoms with Crippen LogP contribution in [0.1, 0.15) is 27.0 Å². The van der Waals surface area contributed by atoms with Crippen molar-refractivity contribution < 1.29 is 28.4 Å². The molecule has 3 amide bonds. The first-order valence-corrected chi connectivity index (χ1v) is 11.4. The lowest BCUT2D eigenvalue weighted by Gasteiger charge is -2.14. The average Bonchev–Trinajstić information content (AvgIpc) is 2.93. The zero-order chi connectivity index (χ0) is 27.5. The van der Waals surface area contributed by atoms with Gasteiger partial charge in [0.15, 0.2) is 0 Å². The van der Waals surface area contributed by atoms with E-state index in [1.165, 1.54) is 5.48 Å². The van der Waals surface area contributed by atoms with Crippen molar-refractivity contribution in [1.29, 1.82) is 0 Å². The molecule has 3 rings (SSSR count). The minimum atomic E-state index is -1.07. The fourth-order valence-corrected chi connectivity index (χ4v) is 3.23. The van der Waals surface area contributed by atoms with E-state index in [1.54, 1.807) is 48.5 Å². The van der Waals surface area contributed by atoms with Crippen LogP contribution in [0.3, 0.4) is 0 Å². The Morgan fingerprint density at radius 2 is 1.55 bits per heavy atom. The second-order valence-electron chi connectivity index (χ2n) is 8.03. The summed E-state index contributed by atoms with van der Waals surface area (Å²) in [7, 11) is 0. The van der Waals surface area contributed by atoms with E-state index in [2.05, 4.69) is 27.8 Å². The van der Waals surface area contributed by atoms with E-state index in [-0.39, 0.29) is 36.7 Å².